The molecule has 31 heavy (non-hydrogen) atoms. The summed E-state index contributed by atoms with van der Waals surface area (Å²) in [5.41, 5.74) is 4.76. The van der Waals surface area contributed by atoms with Crippen LogP contribution >= 0.6 is 0 Å². The average Bonchev–Trinajstić information content (AvgIpc) is 3.16. The molecule has 1 unspecified atom stereocenters. The van der Waals surface area contributed by atoms with Gasteiger partial charge in [0.25, 0.3) is 0 Å². The first kappa shape index (κ1) is 20.9. The van der Waals surface area contributed by atoms with Gasteiger partial charge in [-0.05, 0) is 48.7 Å². The number of halogens is 1. The van der Waals surface area contributed by atoms with E-state index in [9.17, 15) is 4.39 Å². The molecule has 0 radical (unpaired) electrons. The number of nitrogens with zero attached hydrogens (tertiary/aromatic N) is 3. The van der Waals surface area contributed by atoms with Gasteiger partial charge in [-0.3, -0.25) is 0 Å². The normalized spacial score (nSPS) is 15.3. The van der Waals surface area contributed by atoms with Gasteiger partial charge in [-0.15, -0.1) is 0 Å². The number of rotatable bonds is 6. The van der Waals surface area contributed by atoms with Crippen molar-refractivity contribution < 1.29 is 18.6 Å². The Morgan fingerprint density at radius 3 is 2.23 bits per heavy atom. The molecule has 4 rings (SSSR count). The molecular formula is C24H26FN3O3. The molecule has 0 saturated carbocycles. The van der Waals surface area contributed by atoms with Gasteiger partial charge in [-0.25, -0.2) is 14.1 Å². The predicted octanol–water partition coefficient (Wildman–Crippen LogP) is 5.36. The number of methoxy groups -OCH3 is 3. The zero-order valence-corrected chi connectivity index (χ0v) is 18.4. The van der Waals surface area contributed by atoms with E-state index < -0.39 is 0 Å². The highest BCUT2D eigenvalue weighted by atomic mass is 19.1. The van der Waals surface area contributed by atoms with E-state index in [0.29, 0.717) is 23.7 Å². The monoisotopic (exact) mass is 423 g/mol. The minimum atomic E-state index is -0.266. The second-order valence-corrected chi connectivity index (χ2v) is 7.48. The van der Waals surface area contributed by atoms with Crippen LogP contribution in [0.2, 0.25) is 0 Å². The summed E-state index contributed by atoms with van der Waals surface area (Å²) in [7, 11) is 4.80. The van der Waals surface area contributed by atoms with Crippen molar-refractivity contribution in [3.05, 3.63) is 53.5 Å². The third-order valence-corrected chi connectivity index (χ3v) is 5.58. The number of aryl methyl sites for hydroxylation is 1. The van der Waals surface area contributed by atoms with Crippen LogP contribution in [-0.4, -0.2) is 36.8 Å². The molecule has 1 aliphatic heterocycles. The van der Waals surface area contributed by atoms with E-state index in [1.54, 1.807) is 33.5 Å². The molecule has 1 aliphatic rings. The number of ether oxygens (including phenoxy) is 3. The highest BCUT2D eigenvalue weighted by molar-refractivity contribution is 5.90. The maximum atomic E-state index is 13.5. The Balaban J connectivity index is 1.90. The molecule has 0 fully saturated rings. The van der Waals surface area contributed by atoms with Crippen LogP contribution in [0.25, 0.3) is 11.1 Å². The van der Waals surface area contributed by atoms with Crippen LogP contribution in [0.15, 0.2) is 41.4 Å². The van der Waals surface area contributed by atoms with Gasteiger partial charge >= 0.3 is 0 Å². The molecule has 1 aromatic heterocycles. The summed E-state index contributed by atoms with van der Waals surface area (Å²) < 4.78 is 32.1. The van der Waals surface area contributed by atoms with E-state index in [0.717, 1.165) is 40.3 Å². The molecule has 0 aliphatic carbocycles. The van der Waals surface area contributed by atoms with Crippen molar-refractivity contribution in [2.45, 2.75) is 32.7 Å². The molecule has 0 N–H and O–H groups in total. The van der Waals surface area contributed by atoms with E-state index in [1.165, 1.54) is 12.1 Å². The number of aliphatic imine (C=N–C) groups is 1. The van der Waals surface area contributed by atoms with Crippen LogP contribution in [0.4, 0.5) is 10.2 Å². The second-order valence-electron chi connectivity index (χ2n) is 7.48. The quantitative estimate of drug-likeness (QED) is 0.535. The van der Waals surface area contributed by atoms with Crippen LogP contribution in [0, 0.1) is 5.82 Å². The molecule has 0 saturated heterocycles. The Morgan fingerprint density at radius 1 is 1.03 bits per heavy atom. The van der Waals surface area contributed by atoms with Crippen LogP contribution in [0.3, 0.4) is 0 Å². The predicted molar refractivity (Wildman–Crippen MR) is 119 cm³/mol. The average molecular weight is 423 g/mol. The molecular weight excluding hydrogens is 397 g/mol. The van der Waals surface area contributed by atoms with Crippen molar-refractivity contribution in [1.29, 1.82) is 0 Å². The number of hydrogen-bond donors (Lipinski definition) is 0. The largest absolute Gasteiger partial charge is 0.493 e. The van der Waals surface area contributed by atoms with E-state index in [1.807, 2.05) is 23.7 Å². The fraction of sp³-hybridized carbons (Fsp3) is 0.333. The molecule has 0 bridgehead atoms. The van der Waals surface area contributed by atoms with Gasteiger partial charge in [0.15, 0.2) is 17.3 Å². The molecule has 162 valence electrons. The fourth-order valence-corrected chi connectivity index (χ4v) is 4.10. The summed E-state index contributed by atoms with van der Waals surface area (Å²) in [6, 6.07) is 10.3. The smallest absolute Gasteiger partial charge is 0.203 e. The summed E-state index contributed by atoms with van der Waals surface area (Å²) >= 11 is 0. The maximum Gasteiger partial charge on any atom is 0.203 e. The highest BCUT2D eigenvalue weighted by Crippen LogP contribution is 2.45. The van der Waals surface area contributed by atoms with Gasteiger partial charge in [0.2, 0.25) is 5.75 Å². The lowest BCUT2D eigenvalue weighted by molar-refractivity contribution is 0.323. The van der Waals surface area contributed by atoms with Gasteiger partial charge in [0.1, 0.15) is 5.82 Å². The number of hydrogen-bond acceptors (Lipinski definition) is 5. The molecule has 0 spiro atoms. The fourth-order valence-electron chi connectivity index (χ4n) is 4.10. The Labute approximate surface area is 181 Å². The van der Waals surface area contributed by atoms with Gasteiger partial charge in [-0.2, -0.15) is 5.10 Å². The van der Waals surface area contributed by atoms with Gasteiger partial charge in [-0.1, -0.05) is 19.1 Å². The minimum absolute atomic E-state index is 0.0827. The summed E-state index contributed by atoms with van der Waals surface area (Å²) in [6.07, 6.45) is 1.45. The summed E-state index contributed by atoms with van der Waals surface area (Å²) in [4.78, 5) is 4.84. The van der Waals surface area contributed by atoms with E-state index >= 15 is 0 Å². The third-order valence-electron chi connectivity index (χ3n) is 5.58. The van der Waals surface area contributed by atoms with E-state index in [2.05, 4.69) is 6.92 Å². The minimum Gasteiger partial charge on any atom is -0.493 e. The van der Waals surface area contributed by atoms with E-state index in [-0.39, 0.29) is 11.9 Å². The van der Waals surface area contributed by atoms with Crippen LogP contribution < -0.4 is 14.2 Å². The number of benzene rings is 2. The van der Waals surface area contributed by atoms with Crippen molar-refractivity contribution in [2.24, 2.45) is 4.99 Å². The molecule has 7 heteroatoms. The van der Waals surface area contributed by atoms with Crippen molar-refractivity contribution in [2.75, 3.05) is 21.3 Å². The molecule has 1 atom stereocenters. The first-order valence-corrected chi connectivity index (χ1v) is 10.2. The van der Waals surface area contributed by atoms with E-state index in [4.69, 9.17) is 24.3 Å². The van der Waals surface area contributed by atoms with Gasteiger partial charge in [0, 0.05) is 17.7 Å². The summed E-state index contributed by atoms with van der Waals surface area (Å²) in [5.74, 6) is 2.26. The third kappa shape index (κ3) is 3.65. The van der Waals surface area contributed by atoms with Gasteiger partial charge < -0.3 is 14.2 Å². The van der Waals surface area contributed by atoms with Gasteiger partial charge in [0.05, 0.1) is 33.1 Å². The van der Waals surface area contributed by atoms with Crippen molar-refractivity contribution in [3.8, 4) is 28.4 Å². The van der Waals surface area contributed by atoms with Crippen LogP contribution in [0.1, 0.15) is 37.6 Å². The Hall–Kier alpha value is -3.35. The Morgan fingerprint density at radius 2 is 1.68 bits per heavy atom. The zero-order valence-electron chi connectivity index (χ0n) is 18.4. The van der Waals surface area contributed by atoms with Crippen molar-refractivity contribution in [3.63, 3.8) is 0 Å². The summed E-state index contributed by atoms with van der Waals surface area (Å²) in [5, 5.41) is 4.92. The lowest BCUT2D eigenvalue weighted by Crippen LogP contribution is -2.19. The lowest BCUT2D eigenvalue weighted by Gasteiger charge is -2.25. The highest BCUT2D eigenvalue weighted by Gasteiger charge is 2.30. The molecule has 2 heterocycles. The Kier molecular flexibility index (Phi) is 5.67. The zero-order chi connectivity index (χ0) is 22.1. The van der Waals surface area contributed by atoms with Crippen molar-refractivity contribution in [1.82, 2.24) is 9.78 Å². The Bertz CT molecular complexity index is 1110. The molecule has 0 amide bonds. The SMILES string of the molecule is CCc1nn2c(c1-c1ccc(F)cc1)N=C(C)CC2c1cc(OC)c(OC)c(OC)c1. The molecule has 2 aromatic carbocycles. The standard InChI is InChI=1S/C24H26FN3O3/c1-6-18-22(15-7-9-17(25)10-8-15)24-26-14(2)11-19(28(24)27-18)16-12-20(29-3)23(31-5)21(13-16)30-4/h7-10,12-13,19H,6,11H2,1-5H3. The van der Waals surface area contributed by atoms with Crippen LogP contribution in [0.5, 0.6) is 17.2 Å². The maximum absolute atomic E-state index is 13.5. The first-order chi connectivity index (χ1) is 15.0. The lowest BCUT2D eigenvalue weighted by atomic mass is 9.98. The summed E-state index contributed by atoms with van der Waals surface area (Å²) in [6.45, 7) is 4.08. The topological polar surface area (TPSA) is 57.9 Å². The first-order valence-electron chi connectivity index (χ1n) is 10.2. The number of fused-ring (bicyclic) bond motifs is 1. The van der Waals surface area contributed by atoms with Crippen molar-refractivity contribution >= 4 is 11.5 Å². The number of aromatic nitrogens is 2. The van der Waals surface area contributed by atoms with Crippen LogP contribution in [-0.2, 0) is 6.42 Å². The molecule has 6 nitrogen and oxygen atoms in total. The second kappa shape index (κ2) is 8.41. The molecule has 3 aromatic rings.